The largest absolute Gasteiger partial charge is 0.385 e. The number of anilines is 1. The summed E-state index contributed by atoms with van der Waals surface area (Å²) in [7, 11) is 1.51. The number of hydrogen-bond donors (Lipinski definition) is 1. The highest BCUT2D eigenvalue weighted by molar-refractivity contribution is 6.21. The van der Waals surface area contributed by atoms with Crippen molar-refractivity contribution in [2.75, 3.05) is 18.9 Å². The molecule has 4 heteroatoms. The highest BCUT2D eigenvalue weighted by Gasteiger charge is 2.32. The molecule has 1 aromatic carbocycles. The SMILES string of the molecule is CCC(C)CNc1ccc2c(c1)C(=O)N(C)C2=O. The van der Waals surface area contributed by atoms with E-state index in [1.165, 1.54) is 7.05 Å². The third-order valence-corrected chi connectivity index (χ3v) is 3.44. The highest BCUT2D eigenvalue weighted by atomic mass is 16.2. The van der Waals surface area contributed by atoms with Crippen LogP contribution in [0.5, 0.6) is 0 Å². The Labute approximate surface area is 107 Å². The summed E-state index contributed by atoms with van der Waals surface area (Å²) >= 11 is 0. The highest BCUT2D eigenvalue weighted by Crippen LogP contribution is 2.24. The molecule has 1 aromatic rings. The lowest BCUT2D eigenvalue weighted by atomic mass is 10.1. The first-order valence-electron chi connectivity index (χ1n) is 6.25. The van der Waals surface area contributed by atoms with Crippen LogP contribution < -0.4 is 5.32 Å². The zero-order valence-electron chi connectivity index (χ0n) is 11.0. The molecule has 1 aliphatic rings. The second kappa shape index (κ2) is 4.80. The normalized spacial score (nSPS) is 15.8. The summed E-state index contributed by atoms with van der Waals surface area (Å²) in [5.41, 5.74) is 1.89. The number of fused-ring (bicyclic) bond motifs is 1. The minimum Gasteiger partial charge on any atom is -0.385 e. The first kappa shape index (κ1) is 12.6. The van der Waals surface area contributed by atoms with Crippen LogP contribution in [0.25, 0.3) is 0 Å². The Kier molecular flexibility index (Phi) is 3.36. The minimum atomic E-state index is -0.220. The Hall–Kier alpha value is -1.84. The van der Waals surface area contributed by atoms with Crippen molar-refractivity contribution in [3.8, 4) is 0 Å². The second-order valence-electron chi connectivity index (χ2n) is 4.82. The Morgan fingerprint density at radius 3 is 2.56 bits per heavy atom. The molecule has 0 bridgehead atoms. The van der Waals surface area contributed by atoms with Crippen LogP contribution in [-0.2, 0) is 0 Å². The van der Waals surface area contributed by atoms with Gasteiger partial charge in [0.1, 0.15) is 0 Å². The average Bonchev–Trinajstić information content (AvgIpc) is 2.61. The Balaban J connectivity index is 2.19. The molecule has 1 heterocycles. The molecule has 0 aromatic heterocycles. The third-order valence-electron chi connectivity index (χ3n) is 3.44. The molecule has 1 aliphatic heterocycles. The van der Waals surface area contributed by atoms with Crippen molar-refractivity contribution in [2.24, 2.45) is 5.92 Å². The molecule has 0 spiro atoms. The molecule has 0 saturated carbocycles. The van der Waals surface area contributed by atoms with Gasteiger partial charge in [-0.1, -0.05) is 20.3 Å². The topological polar surface area (TPSA) is 49.4 Å². The number of amides is 2. The van der Waals surface area contributed by atoms with Crippen LogP contribution in [0.1, 0.15) is 41.0 Å². The van der Waals surface area contributed by atoms with Gasteiger partial charge in [0.25, 0.3) is 11.8 Å². The number of carbonyl (C=O) groups excluding carboxylic acids is 2. The zero-order valence-corrected chi connectivity index (χ0v) is 11.0. The number of hydrogen-bond acceptors (Lipinski definition) is 3. The molecule has 0 radical (unpaired) electrons. The van der Waals surface area contributed by atoms with Crippen LogP contribution >= 0.6 is 0 Å². The summed E-state index contributed by atoms with van der Waals surface area (Å²) in [6.45, 7) is 5.18. The van der Waals surface area contributed by atoms with Gasteiger partial charge in [0, 0.05) is 19.3 Å². The van der Waals surface area contributed by atoms with Gasteiger partial charge >= 0.3 is 0 Å². The molecular weight excluding hydrogens is 228 g/mol. The van der Waals surface area contributed by atoms with E-state index in [2.05, 4.69) is 19.2 Å². The van der Waals surface area contributed by atoms with Crippen LogP contribution in [0.3, 0.4) is 0 Å². The molecule has 0 aliphatic carbocycles. The lowest BCUT2D eigenvalue weighted by Crippen LogP contribution is -2.24. The maximum Gasteiger partial charge on any atom is 0.261 e. The van der Waals surface area contributed by atoms with Gasteiger partial charge in [-0.25, -0.2) is 0 Å². The Bertz CT molecular complexity index is 497. The van der Waals surface area contributed by atoms with Gasteiger partial charge in [-0.3, -0.25) is 14.5 Å². The summed E-state index contributed by atoms with van der Waals surface area (Å²) < 4.78 is 0. The third kappa shape index (κ3) is 2.10. The van der Waals surface area contributed by atoms with Crippen molar-refractivity contribution in [1.29, 1.82) is 0 Å². The maximum atomic E-state index is 11.8. The first-order valence-corrected chi connectivity index (χ1v) is 6.25. The van der Waals surface area contributed by atoms with Gasteiger partial charge in [0.2, 0.25) is 0 Å². The average molecular weight is 246 g/mol. The lowest BCUT2D eigenvalue weighted by Gasteiger charge is -2.11. The van der Waals surface area contributed by atoms with E-state index in [0.29, 0.717) is 17.0 Å². The molecule has 1 atom stereocenters. The van der Waals surface area contributed by atoms with E-state index in [1.807, 2.05) is 6.07 Å². The van der Waals surface area contributed by atoms with Crippen molar-refractivity contribution in [1.82, 2.24) is 4.90 Å². The van der Waals surface area contributed by atoms with Gasteiger partial charge in [-0.15, -0.1) is 0 Å². The summed E-state index contributed by atoms with van der Waals surface area (Å²) in [5, 5.41) is 3.29. The molecular formula is C14H18N2O2. The number of nitrogens with one attached hydrogen (secondary N) is 1. The molecule has 2 amide bonds. The summed E-state index contributed by atoms with van der Waals surface area (Å²) in [6.07, 6.45) is 1.11. The molecule has 18 heavy (non-hydrogen) atoms. The van der Waals surface area contributed by atoms with Crippen LogP contribution in [-0.4, -0.2) is 30.3 Å². The van der Waals surface area contributed by atoms with Crippen LogP contribution in [0.15, 0.2) is 18.2 Å². The smallest absolute Gasteiger partial charge is 0.261 e. The van der Waals surface area contributed by atoms with Crippen molar-refractivity contribution in [3.63, 3.8) is 0 Å². The van der Waals surface area contributed by atoms with Gasteiger partial charge in [0.05, 0.1) is 11.1 Å². The number of imide groups is 1. The fraction of sp³-hybridized carbons (Fsp3) is 0.429. The van der Waals surface area contributed by atoms with Crippen LogP contribution in [0.4, 0.5) is 5.69 Å². The van der Waals surface area contributed by atoms with Crippen LogP contribution in [0.2, 0.25) is 0 Å². The van der Waals surface area contributed by atoms with E-state index in [9.17, 15) is 9.59 Å². The van der Waals surface area contributed by atoms with E-state index in [-0.39, 0.29) is 11.8 Å². The molecule has 0 saturated heterocycles. The summed E-state index contributed by atoms with van der Waals surface area (Å²) in [5.74, 6) is 0.143. The van der Waals surface area contributed by atoms with E-state index >= 15 is 0 Å². The quantitative estimate of drug-likeness (QED) is 0.830. The number of rotatable bonds is 4. The van der Waals surface area contributed by atoms with E-state index in [4.69, 9.17) is 0 Å². The number of nitrogens with zero attached hydrogens (tertiary/aromatic N) is 1. The molecule has 0 fully saturated rings. The number of carbonyl (C=O) groups is 2. The van der Waals surface area contributed by atoms with E-state index in [1.54, 1.807) is 12.1 Å². The monoisotopic (exact) mass is 246 g/mol. The predicted molar refractivity (Wildman–Crippen MR) is 70.8 cm³/mol. The molecule has 1 N–H and O–H groups in total. The van der Waals surface area contributed by atoms with E-state index < -0.39 is 0 Å². The van der Waals surface area contributed by atoms with Gasteiger partial charge in [-0.05, 0) is 24.1 Å². The molecule has 1 unspecified atom stereocenters. The van der Waals surface area contributed by atoms with Crippen molar-refractivity contribution < 1.29 is 9.59 Å². The predicted octanol–water partition coefficient (Wildman–Crippen LogP) is 2.37. The Morgan fingerprint density at radius 2 is 1.89 bits per heavy atom. The maximum absolute atomic E-state index is 11.8. The fourth-order valence-electron chi connectivity index (χ4n) is 1.91. The molecule has 4 nitrogen and oxygen atoms in total. The van der Waals surface area contributed by atoms with Gasteiger partial charge in [0.15, 0.2) is 0 Å². The molecule has 96 valence electrons. The Morgan fingerprint density at radius 1 is 1.22 bits per heavy atom. The van der Waals surface area contributed by atoms with Gasteiger partial charge < -0.3 is 5.32 Å². The summed E-state index contributed by atoms with van der Waals surface area (Å²) in [4.78, 5) is 24.7. The lowest BCUT2D eigenvalue weighted by molar-refractivity contribution is 0.0693. The fourth-order valence-corrected chi connectivity index (χ4v) is 1.91. The second-order valence-corrected chi connectivity index (χ2v) is 4.82. The first-order chi connectivity index (χ1) is 8.54. The van der Waals surface area contributed by atoms with Crippen molar-refractivity contribution >= 4 is 17.5 Å². The molecule has 2 rings (SSSR count). The van der Waals surface area contributed by atoms with Gasteiger partial charge in [-0.2, -0.15) is 0 Å². The summed E-state index contributed by atoms with van der Waals surface area (Å²) in [6, 6.07) is 5.34. The minimum absolute atomic E-state index is 0.219. The van der Waals surface area contributed by atoms with Crippen molar-refractivity contribution in [3.05, 3.63) is 29.3 Å². The van der Waals surface area contributed by atoms with E-state index in [0.717, 1.165) is 23.6 Å². The van der Waals surface area contributed by atoms with Crippen molar-refractivity contribution in [2.45, 2.75) is 20.3 Å². The van der Waals surface area contributed by atoms with Crippen LogP contribution in [0, 0.1) is 5.92 Å². The zero-order chi connectivity index (χ0) is 13.3. The number of benzene rings is 1. The standard InChI is InChI=1S/C14H18N2O2/c1-4-9(2)8-15-10-5-6-11-12(7-10)14(18)16(3)13(11)17/h5-7,9,15H,4,8H2,1-3H3.